The van der Waals surface area contributed by atoms with Crippen LogP contribution in [0.4, 0.5) is 0 Å². The predicted molar refractivity (Wildman–Crippen MR) is 87.7 cm³/mol. The van der Waals surface area contributed by atoms with Crippen LogP contribution in [0.25, 0.3) is 11.0 Å². The molecule has 8 heteroatoms. The van der Waals surface area contributed by atoms with Gasteiger partial charge in [-0.2, -0.15) is 0 Å². The summed E-state index contributed by atoms with van der Waals surface area (Å²) in [6.45, 7) is 2.75. The van der Waals surface area contributed by atoms with Crippen molar-refractivity contribution in [1.29, 1.82) is 0 Å². The molecule has 0 aliphatic rings. The Bertz CT molecular complexity index is 548. The number of carbonyl (C=O) groups excluding carboxylic acids is 1. The Labute approximate surface area is 135 Å². The number of nitrogens with zero attached hydrogens (tertiary/aromatic N) is 1. The number of aromatic amines is 1. The van der Waals surface area contributed by atoms with E-state index in [0.717, 1.165) is 24.1 Å². The average Bonchev–Trinajstić information content (AvgIpc) is 2.86. The number of H-pyrrole nitrogens is 1. The number of ether oxygens (including phenoxy) is 1. The summed E-state index contributed by atoms with van der Waals surface area (Å²) in [6.07, 6.45) is 3.38. The van der Waals surface area contributed by atoms with Gasteiger partial charge in [0.05, 0.1) is 12.2 Å². The fourth-order valence-corrected chi connectivity index (χ4v) is 1.80. The molecule has 0 saturated carbocycles. The minimum Gasteiger partial charge on any atom is -0.383 e. The Kier molecular flexibility index (Phi) is 9.73. The molecule has 2 aromatic rings. The summed E-state index contributed by atoms with van der Waals surface area (Å²) >= 11 is 0. The molecule has 0 aliphatic carbocycles. The lowest BCUT2D eigenvalue weighted by atomic mass is 10.2. The Morgan fingerprint density at radius 3 is 2.90 bits per heavy atom. The van der Waals surface area contributed by atoms with Crippen LogP contribution in [0.2, 0.25) is 0 Å². The van der Waals surface area contributed by atoms with Gasteiger partial charge in [0.25, 0.3) is 5.91 Å². The summed E-state index contributed by atoms with van der Waals surface area (Å²) in [6, 6.07) is 3.70. The molecule has 0 saturated heterocycles. The predicted octanol–water partition coefficient (Wildman–Crippen LogP) is 1.37. The highest BCUT2D eigenvalue weighted by Gasteiger charge is 2.11. The van der Waals surface area contributed by atoms with Gasteiger partial charge < -0.3 is 20.4 Å². The summed E-state index contributed by atoms with van der Waals surface area (Å²) in [7, 11) is 1.66. The molecule has 0 aliphatic heterocycles. The zero-order valence-corrected chi connectivity index (χ0v) is 13.4. The lowest BCUT2D eigenvalue weighted by Gasteiger charge is -2.05. The molecule has 6 nitrogen and oxygen atoms in total. The average molecular weight is 335 g/mol. The van der Waals surface area contributed by atoms with Gasteiger partial charge in [-0.1, -0.05) is 0 Å². The number of carbonyl (C=O) groups is 1. The first-order valence-electron chi connectivity index (χ1n) is 6.23. The summed E-state index contributed by atoms with van der Waals surface area (Å²) in [5.41, 5.74) is 1.35. The summed E-state index contributed by atoms with van der Waals surface area (Å²) in [4.78, 5) is 19.1. The van der Waals surface area contributed by atoms with Gasteiger partial charge in [0.15, 0.2) is 0 Å². The normalized spacial score (nSPS) is 9.76. The maximum Gasteiger partial charge on any atom is 0.253 e. The minimum atomic E-state index is -0.0900. The minimum absolute atomic E-state index is 0. The summed E-state index contributed by atoms with van der Waals surface area (Å²) in [5, 5.41) is 6.87. The summed E-state index contributed by atoms with van der Waals surface area (Å²) in [5.74, 6) is -0.0900. The zero-order valence-electron chi connectivity index (χ0n) is 11.7. The van der Waals surface area contributed by atoms with Crippen molar-refractivity contribution in [3.8, 4) is 0 Å². The van der Waals surface area contributed by atoms with Gasteiger partial charge in [-0.05, 0) is 12.1 Å². The summed E-state index contributed by atoms with van der Waals surface area (Å²) < 4.78 is 4.92. The molecular formula is C13H20Cl2N4O2. The van der Waals surface area contributed by atoms with Crippen LogP contribution >= 0.6 is 24.8 Å². The van der Waals surface area contributed by atoms with Gasteiger partial charge in [-0.15, -0.1) is 24.8 Å². The Morgan fingerprint density at radius 1 is 1.33 bits per heavy atom. The second-order valence-corrected chi connectivity index (χ2v) is 4.10. The van der Waals surface area contributed by atoms with Crippen molar-refractivity contribution < 1.29 is 9.53 Å². The van der Waals surface area contributed by atoms with E-state index in [-0.39, 0.29) is 30.7 Å². The van der Waals surface area contributed by atoms with Gasteiger partial charge in [-0.3, -0.25) is 4.79 Å². The van der Waals surface area contributed by atoms with E-state index in [9.17, 15) is 4.79 Å². The third-order valence-corrected chi connectivity index (χ3v) is 2.77. The van der Waals surface area contributed by atoms with Crippen LogP contribution in [0.15, 0.2) is 24.5 Å². The van der Waals surface area contributed by atoms with Crippen molar-refractivity contribution in [3.63, 3.8) is 0 Å². The molecule has 0 unspecified atom stereocenters. The SMILES string of the molecule is COCCNCCNC(=O)c1c[nH]c2ncccc12.Cl.Cl. The standard InChI is InChI=1S/C13H18N4O2.2ClH/c1-19-8-7-14-5-6-16-13(18)11-9-17-12-10(11)3-2-4-15-12;;/h2-4,9,14H,5-8H2,1H3,(H,15,17)(H,16,18);2*1H. The van der Waals surface area contributed by atoms with Gasteiger partial charge in [0.1, 0.15) is 5.65 Å². The molecule has 0 aromatic carbocycles. The number of rotatable bonds is 7. The molecule has 2 rings (SSSR count). The van der Waals surface area contributed by atoms with E-state index in [4.69, 9.17) is 4.74 Å². The largest absolute Gasteiger partial charge is 0.383 e. The maximum absolute atomic E-state index is 12.0. The lowest BCUT2D eigenvalue weighted by molar-refractivity contribution is 0.0955. The highest BCUT2D eigenvalue weighted by atomic mass is 35.5. The quantitative estimate of drug-likeness (QED) is 0.668. The van der Waals surface area contributed by atoms with E-state index in [1.165, 1.54) is 0 Å². The van der Waals surface area contributed by atoms with Crippen molar-refractivity contribution in [1.82, 2.24) is 20.6 Å². The van der Waals surface area contributed by atoms with Crippen molar-refractivity contribution >= 4 is 41.8 Å². The van der Waals surface area contributed by atoms with Crippen molar-refractivity contribution in [2.75, 3.05) is 33.4 Å². The van der Waals surface area contributed by atoms with Crippen LogP contribution in [-0.2, 0) is 4.74 Å². The Balaban J connectivity index is 0.00000200. The molecule has 0 bridgehead atoms. The van der Waals surface area contributed by atoms with Crippen molar-refractivity contribution in [2.24, 2.45) is 0 Å². The molecule has 1 amide bonds. The van der Waals surface area contributed by atoms with E-state index in [1.54, 1.807) is 19.5 Å². The molecule has 0 atom stereocenters. The monoisotopic (exact) mass is 334 g/mol. The highest BCUT2D eigenvalue weighted by molar-refractivity contribution is 6.05. The number of methoxy groups -OCH3 is 1. The number of pyridine rings is 1. The highest BCUT2D eigenvalue weighted by Crippen LogP contribution is 2.14. The molecule has 0 spiro atoms. The third-order valence-electron chi connectivity index (χ3n) is 2.77. The van der Waals surface area contributed by atoms with E-state index in [2.05, 4.69) is 20.6 Å². The van der Waals surface area contributed by atoms with Crippen LogP contribution in [0.3, 0.4) is 0 Å². The third kappa shape index (κ3) is 5.51. The van der Waals surface area contributed by atoms with Gasteiger partial charge in [-0.25, -0.2) is 4.98 Å². The van der Waals surface area contributed by atoms with Crippen LogP contribution in [0.1, 0.15) is 10.4 Å². The fraction of sp³-hybridized carbons (Fsp3) is 0.385. The molecular weight excluding hydrogens is 315 g/mol. The molecule has 0 fully saturated rings. The van der Waals surface area contributed by atoms with E-state index in [0.29, 0.717) is 18.7 Å². The molecule has 0 radical (unpaired) electrons. The molecule has 2 heterocycles. The topological polar surface area (TPSA) is 79.0 Å². The van der Waals surface area contributed by atoms with Crippen LogP contribution in [0.5, 0.6) is 0 Å². The lowest BCUT2D eigenvalue weighted by Crippen LogP contribution is -2.32. The van der Waals surface area contributed by atoms with Crippen LogP contribution < -0.4 is 10.6 Å². The fourth-order valence-electron chi connectivity index (χ4n) is 1.80. The number of fused-ring (bicyclic) bond motifs is 1. The van der Waals surface area contributed by atoms with Crippen molar-refractivity contribution in [3.05, 3.63) is 30.1 Å². The zero-order chi connectivity index (χ0) is 13.5. The number of nitrogens with one attached hydrogen (secondary N) is 3. The molecule has 2 aromatic heterocycles. The van der Waals surface area contributed by atoms with Crippen LogP contribution in [-0.4, -0.2) is 49.2 Å². The number of aromatic nitrogens is 2. The van der Waals surface area contributed by atoms with Gasteiger partial charge >= 0.3 is 0 Å². The molecule has 21 heavy (non-hydrogen) atoms. The van der Waals surface area contributed by atoms with E-state index in [1.807, 2.05) is 12.1 Å². The van der Waals surface area contributed by atoms with Crippen LogP contribution in [0, 0.1) is 0 Å². The first-order valence-corrected chi connectivity index (χ1v) is 6.23. The second-order valence-electron chi connectivity index (χ2n) is 4.10. The first-order chi connectivity index (χ1) is 9.33. The van der Waals surface area contributed by atoms with Gasteiger partial charge in [0.2, 0.25) is 0 Å². The van der Waals surface area contributed by atoms with Crippen molar-refractivity contribution in [2.45, 2.75) is 0 Å². The number of amides is 1. The first kappa shape index (κ1) is 19.7. The van der Waals surface area contributed by atoms with E-state index >= 15 is 0 Å². The number of hydrogen-bond donors (Lipinski definition) is 3. The molecule has 118 valence electrons. The smallest absolute Gasteiger partial charge is 0.253 e. The Hall–Kier alpha value is -1.34. The number of halogens is 2. The number of hydrogen-bond acceptors (Lipinski definition) is 4. The maximum atomic E-state index is 12.0. The van der Waals surface area contributed by atoms with E-state index < -0.39 is 0 Å². The molecule has 3 N–H and O–H groups in total. The Morgan fingerprint density at radius 2 is 2.14 bits per heavy atom. The second kappa shape index (κ2) is 10.4. The van der Waals surface area contributed by atoms with Gasteiger partial charge in [0, 0.05) is 44.5 Å².